The van der Waals surface area contributed by atoms with Crippen LogP contribution in [0.4, 0.5) is 0 Å². The minimum atomic E-state index is -0.319. The largest absolute Gasteiger partial charge is 0.495 e. The number of esters is 1. The van der Waals surface area contributed by atoms with Crippen molar-refractivity contribution in [1.29, 1.82) is 0 Å². The van der Waals surface area contributed by atoms with E-state index in [0.717, 1.165) is 19.3 Å². The van der Waals surface area contributed by atoms with Crippen LogP contribution in [0.5, 0.6) is 0 Å². The van der Waals surface area contributed by atoms with Gasteiger partial charge in [-0.25, -0.2) is 4.79 Å². The third-order valence-corrected chi connectivity index (χ3v) is 2.61. The number of hydrogen-bond donors (Lipinski definition) is 0. The lowest BCUT2D eigenvalue weighted by molar-refractivity contribution is -0.141. The smallest absolute Gasteiger partial charge is 0.333 e. The summed E-state index contributed by atoms with van der Waals surface area (Å²) in [6.07, 6.45) is 5.43. The van der Waals surface area contributed by atoms with E-state index < -0.39 is 0 Å². The summed E-state index contributed by atoms with van der Waals surface area (Å²) in [5.74, 6) is -0.319. The van der Waals surface area contributed by atoms with E-state index >= 15 is 0 Å². The van der Waals surface area contributed by atoms with Gasteiger partial charge >= 0.3 is 5.97 Å². The molecule has 0 atom stereocenters. The van der Waals surface area contributed by atoms with Crippen molar-refractivity contribution in [3.63, 3.8) is 0 Å². The molecule has 1 rings (SSSR count). The molecule has 0 N–H and O–H groups in total. The van der Waals surface area contributed by atoms with Crippen LogP contribution >= 0.6 is 0 Å². The quantitative estimate of drug-likeness (QED) is 0.616. The van der Waals surface area contributed by atoms with E-state index in [-0.39, 0.29) is 11.6 Å². The lowest BCUT2D eigenvalue weighted by Gasteiger charge is -2.31. The van der Waals surface area contributed by atoms with Gasteiger partial charge in [0.25, 0.3) is 0 Å². The highest BCUT2D eigenvalue weighted by Gasteiger charge is 2.28. The normalized spacial score (nSPS) is 21.2. The van der Waals surface area contributed by atoms with Gasteiger partial charge in [0.2, 0.25) is 0 Å². The topological polar surface area (TPSA) is 35.5 Å². The molecule has 3 heteroatoms. The monoisotopic (exact) mass is 184 g/mol. The first kappa shape index (κ1) is 10.1. The van der Waals surface area contributed by atoms with Gasteiger partial charge in [-0.15, -0.1) is 0 Å². The minimum absolute atomic E-state index is 0.142. The fourth-order valence-corrected chi connectivity index (χ4v) is 1.45. The first-order valence-corrected chi connectivity index (χ1v) is 4.73. The number of hydrogen-bond acceptors (Lipinski definition) is 3. The van der Waals surface area contributed by atoms with Crippen LogP contribution in [0.2, 0.25) is 0 Å². The second-order valence-corrected chi connectivity index (χ2v) is 3.23. The highest BCUT2D eigenvalue weighted by Crippen LogP contribution is 2.26. The molecule has 0 bridgehead atoms. The summed E-state index contributed by atoms with van der Waals surface area (Å²) >= 11 is 0. The maximum Gasteiger partial charge on any atom is 0.333 e. The molecule has 0 spiro atoms. The number of carbonyl (C=O) groups excluding carboxylic acids is 1. The lowest BCUT2D eigenvalue weighted by atomic mass is 9.93. The van der Waals surface area contributed by atoms with E-state index in [9.17, 15) is 4.79 Å². The standard InChI is InChI=1S/C10H16O3/c1-3-10(4-2)6-8-12-9(11)5-7-13-10/h5,7H,3-4,6,8H2,1-2H3. The second-order valence-electron chi connectivity index (χ2n) is 3.23. The van der Waals surface area contributed by atoms with Crippen LogP contribution in [0.1, 0.15) is 33.1 Å². The van der Waals surface area contributed by atoms with Gasteiger partial charge in [0.1, 0.15) is 5.60 Å². The van der Waals surface area contributed by atoms with Crippen LogP contribution in [-0.4, -0.2) is 18.2 Å². The summed E-state index contributed by atoms with van der Waals surface area (Å²) in [5.41, 5.74) is -0.142. The predicted molar refractivity (Wildman–Crippen MR) is 49.1 cm³/mol. The molecule has 0 fully saturated rings. The molecule has 1 aliphatic heterocycles. The average Bonchev–Trinajstić information content (AvgIpc) is 2.12. The molecule has 0 amide bonds. The summed E-state index contributed by atoms with van der Waals surface area (Å²) in [6, 6.07) is 0. The van der Waals surface area contributed by atoms with Gasteiger partial charge in [-0.3, -0.25) is 0 Å². The summed E-state index contributed by atoms with van der Waals surface area (Å²) in [6.45, 7) is 4.62. The summed E-state index contributed by atoms with van der Waals surface area (Å²) in [5, 5.41) is 0. The second kappa shape index (κ2) is 4.30. The number of cyclic esters (lactones) is 1. The van der Waals surface area contributed by atoms with Crippen molar-refractivity contribution >= 4 is 5.97 Å². The van der Waals surface area contributed by atoms with E-state index in [2.05, 4.69) is 13.8 Å². The van der Waals surface area contributed by atoms with Crippen LogP contribution in [-0.2, 0) is 14.3 Å². The van der Waals surface area contributed by atoms with Crippen molar-refractivity contribution in [2.24, 2.45) is 0 Å². The molecule has 0 saturated carbocycles. The Morgan fingerprint density at radius 3 is 2.77 bits per heavy atom. The summed E-state index contributed by atoms with van der Waals surface area (Å²) < 4.78 is 10.5. The number of rotatable bonds is 2. The number of carbonyl (C=O) groups is 1. The van der Waals surface area contributed by atoms with Crippen LogP contribution < -0.4 is 0 Å². The Morgan fingerprint density at radius 1 is 1.46 bits per heavy atom. The molecule has 1 aliphatic rings. The summed E-state index contributed by atoms with van der Waals surface area (Å²) in [4.78, 5) is 10.8. The highest BCUT2D eigenvalue weighted by atomic mass is 16.5. The van der Waals surface area contributed by atoms with Crippen molar-refractivity contribution in [2.75, 3.05) is 6.61 Å². The molecule has 0 radical (unpaired) electrons. The van der Waals surface area contributed by atoms with Crippen LogP contribution in [0.3, 0.4) is 0 Å². The first-order valence-electron chi connectivity index (χ1n) is 4.73. The van der Waals surface area contributed by atoms with Gasteiger partial charge in [0, 0.05) is 6.42 Å². The van der Waals surface area contributed by atoms with E-state index in [0.29, 0.717) is 6.61 Å². The Kier molecular flexibility index (Phi) is 3.34. The Hall–Kier alpha value is -0.990. The van der Waals surface area contributed by atoms with E-state index in [1.165, 1.54) is 12.3 Å². The predicted octanol–water partition coefficient (Wildman–Crippen LogP) is 2.02. The van der Waals surface area contributed by atoms with Gasteiger partial charge in [-0.1, -0.05) is 13.8 Å². The molecule has 13 heavy (non-hydrogen) atoms. The average molecular weight is 184 g/mol. The summed E-state index contributed by atoms with van der Waals surface area (Å²) in [7, 11) is 0. The molecule has 74 valence electrons. The molecular weight excluding hydrogens is 168 g/mol. The molecule has 0 aromatic heterocycles. The zero-order valence-electron chi connectivity index (χ0n) is 8.21. The molecule has 0 aromatic carbocycles. The Balaban J connectivity index is 2.67. The van der Waals surface area contributed by atoms with Gasteiger partial charge in [0.15, 0.2) is 0 Å². The molecule has 1 heterocycles. The van der Waals surface area contributed by atoms with Gasteiger partial charge < -0.3 is 9.47 Å². The maximum atomic E-state index is 10.8. The van der Waals surface area contributed by atoms with E-state index in [1.807, 2.05) is 0 Å². The van der Waals surface area contributed by atoms with Gasteiger partial charge in [-0.05, 0) is 12.8 Å². The van der Waals surface area contributed by atoms with Crippen LogP contribution in [0.25, 0.3) is 0 Å². The van der Waals surface area contributed by atoms with Crippen molar-refractivity contribution < 1.29 is 14.3 Å². The third-order valence-electron chi connectivity index (χ3n) is 2.61. The molecule has 0 aliphatic carbocycles. The zero-order valence-corrected chi connectivity index (χ0v) is 8.21. The van der Waals surface area contributed by atoms with Crippen molar-refractivity contribution in [3.05, 3.63) is 12.3 Å². The first-order chi connectivity index (χ1) is 6.22. The highest BCUT2D eigenvalue weighted by molar-refractivity contribution is 5.81. The molecular formula is C10H16O3. The van der Waals surface area contributed by atoms with Crippen molar-refractivity contribution in [1.82, 2.24) is 0 Å². The minimum Gasteiger partial charge on any atom is -0.495 e. The van der Waals surface area contributed by atoms with Crippen LogP contribution in [0.15, 0.2) is 12.3 Å². The molecule has 3 nitrogen and oxygen atoms in total. The fraction of sp³-hybridized carbons (Fsp3) is 0.700. The van der Waals surface area contributed by atoms with Crippen molar-refractivity contribution in [2.45, 2.75) is 38.7 Å². The molecule has 0 unspecified atom stereocenters. The van der Waals surface area contributed by atoms with Crippen molar-refractivity contribution in [3.8, 4) is 0 Å². The molecule has 0 saturated heterocycles. The SMILES string of the molecule is CCC1(CC)CCOC(=O)C=CO1. The Morgan fingerprint density at radius 2 is 2.15 bits per heavy atom. The van der Waals surface area contributed by atoms with Crippen LogP contribution in [0, 0.1) is 0 Å². The Labute approximate surface area is 78.7 Å². The zero-order chi connectivity index (χ0) is 9.73. The Bertz CT molecular complexity index is 204. The molecule has 0 aromatic rings. The lowest BCUT2D eigenvalue weighted by Crippen LogP contribution is -2.32. The number of ether oxygens (including phenoxy) is 2. The van der Waals surface area contributed by atoms with E-state index in [1.54, 1.807) is 0 Å². The van der Waals surface area contributed by atoms with E-state index in [4.69, 9.17) is 9.47 Å². The van der Waals surface area contributed by atoms with Gasteiger partial charge in [-0.2, -0.15) is 0 Å². The third kappa shape index (κ3) is 2.47. The maximum absolute atomic E-state index is 10.8. The van der Waals surface area contributed by atoms with Gasteiger partial charge in [0.05, 0.1) is 18.9 Å². The fourth-order valence-electron chi connectivity index (χ4n) is 1.45.